The van der Waals surface area contributed by atoms with Gasteiger partial charge in [-0.2, -0.15) is 0 Å². The molecule has 4 heteroatoms. The molecule has 196 valence electrons. The van der Waals surface area contributed by atoms with Gasteiger partial charge in [0.2, 0.25) is 0 Å². The number of imidazole rings is 1. The number of aromatic nitrogens is 3. The molecule has 0 unspecified atom stereocenters. The van der Waals surface area contributed by atoms with Gasteiger partial charge in [-0.05, 0) is 58.7 Å². The van der Waals surface area contributed by atoms with Gasteiger partial charge < -0.3 is 8.97 Å². The summed E-state index contributed by atoms with van der Waals surface area (Å²) in [6.45, 7) is 0. The third-order valence-corrected chi connectivity index (χ3v) is 10.2. The Morgan fingerprint density at radius 1 is 0.714 bits per heavy atom. The van der Waals surface area contributed by atoms with Crippen LogP contribution in [-0.2, 0) is 6.42 Å². The molecule has 4 heterocycles. The van der Waals surface area contributed by atoms with Crippen LogP contribution in [0.2, 0.25) is 0 Å². The van der Waals surface area contributed by atoms with Crippen molar-refractivity contribution in [2.45, 2.75) is 6.42 Å². The lowest BCUT2D eigenvalue weighted by atomic mass is 9.96. The summed E-state index contributed by atoms with van der Waals surface area (Å²) in [4.78, 5) is 4.94. The van der Waals surface area contributed by atoms with Crippen molar-refractivity contribution in [1.82, 2.24) is 14.0 Å². The average Bonchev–Trinajstić information content (AvgIpc) is 3.80. The van der Waals surface area contributed by atoms with Crippen LogP contribution in [0, 0.1) is 0 Å². The summed E-state index contributed by atoms with van der Waals surface area (Å²) in [5.74, 6) is 0. The van der Waals surface area contributed by atoms with Crippen LogP contribution in [0.1, 0.15) is 11.1 Å². The summed E-state index contributed by atoms with van der Waals surface area (Å²) < 4.78 is 7.35. The predicted octanol–water partition coefficient (Wildman–Crippen LogP) is 10.0. The van der Waals surface area contributed by atoms with Crippen LogP contribution in [0.15, 0.2) is 128 Å². The van der Waals surface area contributed by atoms with E-state index < -0.39 is 0 Å². The van der Waals surface area contributed by atoms with Gasteiger partial charge in [-0.1, -0.05) is 78.9 Å². The SMILES string of the molecule is c1cc(-c2cn3ccccc3n2)cc(-n2c3ccccc3c3c4c(c5sc6ccccc6c5c32)Cc2ccccc2-4)c1. The van der Waals surface area contributed by atoms with E-state index in [1.165, 1.54) is 64.2 Å². The van der Waals surface area contributed by atoms with Gasteiger partial charge in [-0.15, -0.1) is 11.3 Å². The van der Waals surface area contributed by atoms with E-state index in [2.05, 4.69) is 124 Å². The Bertz CT molecular complexity index is 2530. The van der Waals surface area contributed by atoms with Crippen LogP contribution < -0.4 is 0 Å². The Balaban J connectivity index is 1.38. The molecule has 0 atom stereocenters. The van der Waals surface area contributed by atoms with E-state index in [0.717, 1.165) is 29.0 Å². The Kier molecular flexibility index (Phi) is 4.38. The molecule has 0 aliphatic heterocycles. The van der Waals surface area contributed by atoms with Gasteiger partial charge in [0.25, 0.3) is 0 Å². The number of fused-ring (bicyclic) bond motifs is 13. The first-order chi connectivity index (χ1) is 20.8. The maximum absolute atomic E-state index is 4.94. The largest absolute Gasteiger partial charge is 0.309 e. The van der Waals surface area contributed by atoms with Crippen molar-refractivity contribution in [2.75, 3.05) is 0 Å². The molecule has 1 aliphatic carbocycles. The summed E-state index contributed by atoms with van der Waals surface area (Å²) in [6.07, 6.45) is 5.15. The van der Waals surface area contributed by atoms with E-state index in [1.807, 2.05) is 23.5 Å². The molecule has 0 saturated carbocycles. The quantitative estimate of drug-likeness (QED) is 0.209. The van der Waals surface area contributed by atoms with Crippen LogP contribution in [0.3, 0.4) is 0 Å². The Labute approximate surface area is 245 Å². The highest BCUT2D eigenvalue weighted by atomic mass is 32.1. The minimum Gasteiger partial charge on any atom is -0.309 e. The Morgan fingerprint density at radius 2 is 1.55 bits per heavy atom. The lowest BCUT2D eigenvalue weighted by Gasteiger charge is -2.12. The molecule has 0 spiro atoms. The molecule has 1 aliphatic rings. The molecule has 42 heavy (non-hydrogen) atoms. The van der Waals surface area contributed by atoms with E-state index in [0.29, 0.717) is 0 Å². The predicted molar refractivity (Wildman–Crippen MR) is 176 cm³/mol. The van der Waals surface area contributed by atoms with Crippen LogP contribution in [0.5, 0.6) is 0 Å². The van der Waals surface area contributed by atoms with Gasteiger partial charge in [0.1, 0.15) is 5.65 Å². The minimum absolute atomic E-state index is 0.954. The molecule has 0 radical (unpaired) electrons. The molecule has 10 rings (SSSR count). The third kappa shape index (κ3) is 2.92. The molecule has 0 saturated heterocycles. The van der Waals surface area contributed by atoms with Crippen molar-refractivity contribution in [3.05, 3.63) is 139 Å². The molecule has 9 aromatic rings. The minimum atomic E-state index is 0.954. The second kappa shape index (κ2) is 8.19. The zero-order valence-corrected chi connectivity index (χ0v) is 23.4. The number of benzene rings is 5. The number of thiophene rings is 1. The van der Waals surface area contributed by atoms with Gasteiger partial charge in [0.05, 0.1) is 16.7 Å². The van der Waals surface area contributed by atoms with Crippen molar-refractivity contribution < 1.29 is 0 Å². The first-order valence-electron chi connectivity index (χ1n) is 14.4. The standard InChI is InChI=1S/C38H23N3S/c1-2-13-26-23(10-1)21-29-34(26)35-27-14-3-5-16-31(27)41(37(35)36-28-15-4-6-17-32(28)42-38(29)36)25-12-9-11-24(20-25)30-22-40-19-8-7-18-33(40)39-30/h1-20,22H,21H2. The average molecular weight is 554 g/mol. The lowest BCUT2D eigenvalue weighted by Crippen LogP contribution is -1.95. The van der Waals surface area contributed by atoms with Crippen LogP contribution in [0.25, 0.3) is 75.7 Å². The second-order valence-corrected chi connectivity index (χ2v) is 12.3. The highest BCUT2D eigenvalue weighted by molar-refractivity contribution is 7.26. The lowest BCUT2D eigenvalue weighted by molar-refractivity contribution is 1.18. The Hall–Kier alpha value is -5.19. The first-order valence-corrected chi connectivity index (χ1v) is 15.2. The van der Waals surface area contributed by atoms with Crippen molar-refractivity contribution >= 4 is 59.0 Å². The number of para-hydroxylation sites is 1. The fraction of sp³-hybridized carbons (Fsp3) is 0.0263. The molecule has 0 fully saturated rings. The van der Waals surface area contributed by atoms with E-state index >= 15 is 0 Å². The molecule has 4 aromatic heterocycles. The molecular formula is C38H23N3S. The van der Waals surface area contributed by atoms with Crippen molar-refractivity contribution in [3.8, 4) is 28.1 Å². The van der Waals surface area contributed by atoms with Crippen molar-refractivity contribution in [2.24, 2.45) is 0 Å². The van der Waals surface area contributed by atoms with E-state index in [-0.39, 0.29) is 0 Å². The highest BCUT2D eigenvalue weighted by Gasteiger charge is 2.29. The first kappa shape index (κ1) is 22.5. The maximum Gasteiger partial charge on any atom is 0.137 e. The number of hydrogen-bond acceptors (Lipinski definition) is 2. The maximum atomic E-state index is 4.94. The van der Waals surface area contributed by atoms with Gasteiger partial charge in [0.15, 0.2) is 0 Å². The third-order valence-electron chi connectivity index (χ3n) is 8.95. The second-order valence-electron chi connectivity index (χ2n) is 11.2. The zero-order valence-electron chi connectivity index (χ0n) is 22.6. The summed E-state index contributed by atoms with van der Waals surface area (Å²) in [5, 5.41) is 5.36. The molecule has 0 amide bonds. The van der Waals surface area contributed by atoms with Gasteiger partial charge in [-0.3, -0.25) is 0 Å². The fourth-order valence-corrected chi connectivity index (χ4v) is 8.46. The number of pyridine rings is 1. The van der Waals surface area contributed by atoms with E-state index in [9.17, 15) is 0 Å². The molecule has 0 bridgehead atoms. The topological polar surface area (TPSA) is 22.2 Å². The van der Waals surface area contributed by atoms with E-state index in [1.54, 1.807) is 0 Å². The van der Waals surface area contributed by atoms with Crippen LogP contribution in [-0.4, -0.2) is 14.0 Å². The molecule has 5 aromatic carbocycles. The van der Waals surface area contributed by atoms with E-state index in [4.69, 9.17) is 4.98 Å². The summed E-state index contributed by atoms with van der Waals surface area (Å²) in [6, 6.07) is 41.9. The number of hydrogen-bond donors (Lipinski definition) is 0. The zero-order chi connectivity index (χ0) is 27.4. The molecule has 0 N–H and O–H groups in total. The summed E-state index contributed by atoms with van der Waals surface area (Å²) in [5.41, 5.74) is 12.4. The van der Waals surface area contributed by atoms with Crippen LogP contribution >= 0.6 is 11.3 Å². The van der Waals surface area contributed by atoms with Crippen molar-refractivity contribution in [3.63, 3.8) is 0 Å². The monoisotopic (exact) mass is 553 g/mol. The smallest absolute Gasteiger partial charge is 0.137 e. The number of rotatable bonds is 2. The normalized spacial score (nSPS) is 12.7. The van der Waals surface area contributed by atoms with Gasteiger partial charge in [-0.25, -0.2) is 4.98 Å². The Morgan fingerprint density at radius 3 is 2.50 bits per heavy atom. The van der Waals surface area contributed by atoms with Gasteiger partial charge in [0, 0.05) is 61.0 Å². The number of nitrogens with zero attached hydrogens (tertiary/aromatic N) is 3. The van der Waals surface area contributed by atoms with Gasteiger partial charge >= 0.3 is 0 Å². The fourth-order valence-electron chi connectivity index (χ4n) is 7.21. The highest BCUT2D eigenvalue weighted by Crippen LogP contribution is 2.53. The summed E-state index contributed by atoms with van der Waals surface area (Å²) in [7, 11) is 0. The summed E-state index contributed by atoms with van der Waals surface area (Å²) >= 11 is 1.94. The van der Waals surface area contributed by atoms with Crippen LogP contribution in [0.4, 0.5) is 0 Å². The molecule has 3 nitrogen and oxygen atoms in total. The van der Waals surface area contributed by atoms with Crippen molar-refractivity contribution in [1.29, 1.82) is 0 Å². The molecular weight excluding hydrogens is 531 g/mol.